The van der Waals surface area contributed by atoms with Crippen molar-refractivity contribution in [1.29, 1.82) is 0 Å². The zero-order valence-corrected chi connectivity index (χ0v) is 11.5. The lowest BCUT2D eigenvalue weighted by Crippen LogP contribution is -2.46. The zero-order chi connectivity index (χ0) is 12.3. The van der Waals surface area contributed by atoms with Gasteiger partial charge >= 0.3 is 0 Å². The van der Waals surface area contributed by atoms with Gasteiger partial charge in [0.2, 0.25) is 5.91 Å². The summed E-state index contributed by atoms with van der Waals surface area (Å²) < 4.78 is 0. The number of hydrogen-bond acceptors (Lipinski definition) is 3. The fraction of sp³-hybridized carbons (Fsp3) is 0.923. The average Bonchev–Trinajstić information content (AvgIpc) is 2.87. The maximum Gasteiger partial charge on any atom is 0.222 e. The fourth-order valence-electron chi connectivity index (χ4n) is 3.21. The van der Waals surface area contributed by atoms with E-state index in [4.69, 9.17) is 5.73 Å². The summed E-state index contributed by atoms with van der Waals surface area (Å²) in [5, 5.41) is 3.80. The van der Waals surface area contributed by atoms with Gasteiger partial charge in [0.1, 0.15) is 0 Å². The summed E-state index contributed by atoms with van der Waals surface area (Å²) in [6, 6.07) is 0.377. The van der Waals surface area contributed by atoms with Crippen molar-refractivity contribution in [2.24, 2.45) is 5.73 Å². The van der Waals surface area contributed by atoms with Crippen molar-refractivity contribution in [3.8, 4) is 0 Å². The summed E-state index contributed by atoms with van der Waals surface area (Å²) in [6.07, 6.45) is 10.6. The Morgan fingerprint density at radius 3 is 2.71 bits per heavy atom. The van der Waals surface area contributed by atoms with E-state index in [0.717, 1.165) is 19.3 Å². The van der Waals surface area contributed by atoms with Crippen LogP contribution in [0.4, 0.5) is 0 Å². The van der Waals surface area contributed by atoms with Gasteiger partial charge < -0.3 is 11.1 Å². The van der Waals surface area contributed by atoms with Crippen LogP contribution < -0.4 is 11.1 Å². The molecular weight excluding hydrogens is 232 g/mol. The van der Waals surface area contributed by atoms with Gasteiger partial charge in [0.25, 0.3) is 0 Å². The van der Waals surface area contributed by atoms with Gasteiger partial charge in [0.15, 0.2) is 0 Å². The number of nitrogens with two attached hydrogens (primary N) is 1. The predicted molar refractivity (Wildman–Crippen MR) is 73.1 cm³/mol. The lowest BCUT2D eigenvalue weighted by molar-refractivity contribution is -0.122. The molecule has 2 aliphatic rings. The SMILES string of the molecule is CSC1CCCC1NC(=O)CC1(N)CCCC1. The molecule has 98 valence electrons. The molecule has 2 saturated carbocycles. The normalized spacial score (nSPS) is 31.6. The summed E-state index contributed by atoms with van der Waals surface area (Å²) in [5.41, 5.74) is 6.02. The van der Waals surface area contributed by atoms with Gasteiger partial charge in [-0.2, -0.15) is 11.8 Å². The van der Waals surface area contributed by atoms with Crippen LogP contribution >= 0.6 is 11.8 Å². The Hall–Kier alpha value is -0.220. The molecule has 3 N–H and O–H groups in total. The monoisotopic (exact) mass is 256 g/mol. The second-order valence-electron chi connectivity index (χ2n) is 5.63. The Balaban J connectivity index is 1.80. The quantitative estimate of drug-likeness (QED) is 0.809. The first-order valence-electron chi connectivity index (χ1n) is 6.74. The third kappa shape index (κ3) is 3.38. The predicted octanol–water partition coefficient (Wildman–Crippen LogP) is 2.05. The Kier molecular flexibility index (Phi) is 4.36. The second kappa shape index (κ2) is 5.61. The van der Waals surface area contributed by atoms with Gasteiger partial charge in [-0.15, -0.1) is 0 Å². The van der Waals surface area contributed by atoms with Crippen molar-refractivity contribution in [3.05, 3.63) is 0 Å². The Morgan fingerprint density at radius 2 is 2.06 bits per heavy atom. The van der Waals surface area contributed by atoms with Gasteiger partial charge in [-0.3, -0.25) is 4.79 Å². The molecule has 0 bridgehead atoms. The number of nitrogens with one attached hydrogen (secondary N) is 1. The average molecular weight is 256 g/mol. The van der Waals surface area contributed by atoms with Gasteiger partial charge in [-0.1, -0.05) is 19.3 Å². The number of rotatable bonds is 4. The minimum absolute atomic E-state index is 0.167. The lowest BCUT2D eigenvalue weighted by atomic mass is 9.94. The molecule has 0 radical (unpaired) electrons. The van der Waals surface area contributed by atoms with Crippen LogP contribution in [0.15, 0.2) is 0 Å². The van der Waals surface area contributed by atoms with E-state index in [1.165, 1.54) is 25.7 Å². The first-order chi connectivity index (χ1) is 8.13. The van der Waals surface area contributed by atoms with Crippen molar-refractivity contribution >= 4 is 17.7 Å². The van der Waals surface area contributed by atoms with E-state index in [1.54, 1.807) is 0 Å². The minimum atomic E-state index is -0.211. The van der Waals surface area contributed by atoms with Crippen LogP contribution in [0.5, 0.6) is 0 Å². The van der Waals surface area contributed by atoms with E-state index in [2.05, 4.69) is 11.6 Å². The summed E-state index contributed by atoms with van der Waals surface area (Å²) in [7, 11) is 0. The van der Waals surface area contributed by atoms with Crippen LogP contribution in [0.1, 0.15) is 51.4 Å². The van der Waals surface area contributed by atoms with E-state index in [0.29, 0.717) is 17.7 Å². The molecule has 2 fully saturated rings. The Morgan fingerprint density at radius 1 is 1.35 bits per heavy atom. The second-order valence-corrected chi connectivity index (χ2v) is 6.70. The molecule has 17 heavy (non-hydrogen) atoms. The molecule has 0 aromatic carbocycles. The van der Waals surface area contributed by atoms with Crippen molar-refractivity contribution in [1.82, 2.24) is 5.32 Å². The van der Waals surface area contributed by atoms with Gasteiger partial charge in [0, 0.05) is 23.3 Å². The first kappa shape index (κ1) is 13.2. The van der Waals surface area contributed by atoms with Crippen LogP contribution in [0.2, 0.25) is 0 Å². The molecule has 0 saturated heterocycles. The molecule has 2 aliphatic carbocycles. The van der Waals surface area contributed by atoms with Crippen LogP contribution in [0.3, 0.4) is 0 Å². The van der Waals surface area contributed by atoms with E-state index >= 15 is 0 Å². The maximum absolute atomic E-state index is 12.0. The standard InChI is InChI=1S/C13H24N2OS/c1-17-11-6-4-5-10(11)15-12(16)9-13(14)7-2-3-8-13/h10-11H,2-9,14H2,1H3,(H,15,16). The highest BCUT2D eigenvalue weighted by Crippen LogP contribution is 2.31. The van der Waals surface area contributed by atoms with Crippen molar-refractivity contribution < 1.29 is 4.79 Å². The zero-order valence-electron chi connectivity index (χ0n) is 10.7. The molecule has 3 nitrogen and oxygen atoms in total. The molecule has 2 rings (SSSR count). The molecule has 2 unspecified atom stereocenters. The van der Waals surface area contributed by atoms with E-state index in [9.17, 15) is 4.79 Å². The summed E-state index contributed by atoms with van der Waals surface area (Å²) in [5.74, 6) is 0.167. The largest absolute Gasteiger partial charge is 0.352 e. The van der Waals surface area contributed by atoms with Gasteiger partial charge in [0.05, 0.1) is 0 Å². The molecule has 0 aliphatic heterocycles. The van der Waals surface area contributed by atoms with Gasteiger partial charge in [-0.25, -0.2) is 0 Å². The highest BCUT2D eigenvalue weighted by molar-refractivity contribution is 7.99. The molecular formula is C13H24N2OS. The summed E-state index contributed by atoms with van der Waals surface area (Å²) >= 11 is 1.88. The third-order valence-corrected chi connectivity index (χ3v) is 5.38. The molecule has 1 amide bonds. The molecule has 0 heterocycles. The number of carbonyl (C=O) groups excluding carboxylic acids is 1. The lowest BCUT2D eigenvalue weighted by Gasteiger charge is -2.25. The maximum atomic E-state index is 12.0. The highest BCUT2D eigenvalue weighted by atomic mass is 32.2. The van der Waals surface area contributed by atoms with Gasteiger partial charge in [-0.05, 0) is 31.9 Å². The number of hydrogen-bond donors (Lipinski definition) is 2. The topological polar surface area (TPSA) is 55.1 Å². The highest BCUT2D eigenvalue weighted by Gasteiger charge is 2.34. The fourth-order valence-corrected chi connectivity index (χ4v) is 4.14. The first-order valence-corrected chi connectivity index (χ1v) is 8.03. The van der Waals surface area contributed by atoms with E-state index in [1.807, 2.05) is 11.8 Å². The molecule has 0 aromatic rings. The number of amides is 1. The molecule has 4 heteroatoms. The summed E-state index contributed by atoms with van der Waals surface area (Å²) in [4.78, 5) is 12.0. The number of carbonyl (C=O) groups is 1. The van der Waals surface area contributed by atoms with Crippen LogP contribution in [0.25, 0.3) is 0 Å². The smallest absolute Gasteiger partial charge is 0.222 e. The Bertz CT molecular complexity index is 277. The molecule has 0 aromatic heterocycles. The summed E-state index contributed by atoms with van der Waals surface area (Å²) in [6.45, 7) is 0. The van der Waals surface area contributed by atoms with E-state index < -0.39 is 0 Å². The third-order valence-electron chi connectivity index (χ3n) is 4.21. The van der Waals surface area contributed by atoms with Crippen LogP contribution in [0, 0.1) is 0 Å². The van der Waals surface area contributed by atoms with E-state index in [-0.39, 0.29) is 11.4 Å². The Labute approximate surface area is 108 Å². The molecule has 2 atom stereocenters. The number of thioether (sulfide) groups is 1. The van der Waals surface area contributed by atoms with Crippen LogP contribution in [-0.2, 0) is 4.79 Å². The minimum Gasteiger partial charge on any atom is -0.352 e. The van der Waals surface area contributed by atoms with Crippen molar-refractivity contribution in [2.45, 2.75) is 68.2 Å². The van der Waals surface area contributed by atoms with Crippen molar-refractivity contribution in [2.75, 3.05) is 6.26 Å². The van der Waals surface area contributed by atoms with Crippen LogP contribution in [-0.4, -0.2) is 29.0 Å². The van der Waals surface area contributed by atoms with Crippen molar-refractivity contribution in [3.63, 3.8) is 0 Å². The molecule has 0 spiro atoms.